The normalized spacial score (nSPS) is 18.4. The minimum Gasteiger partial charge on any atom is -0.388 e. The van der Waals surface area contributed by atoms with Gasteiger partial charge in [0.25, 0.3) is 0 Å². The van der Waals surface area contributed by atoms with Gasteiger partial charge in [0.15, 0.2) is 5.65 Å². The second-order valence-electron chi connectivity index (χ2n) is 5.03. The molecule has 0 aliphatic carbocycles. The van der Waals surface area contributed by atoms with E-state index in [1.165, 1.54) is 6.33 Å². The van der Waals surface area contributed by atoms with E-state index in [2.05, 4.69) is 36.3 Å². The van der Waals surface area contributed by atoms with Crippen LogP contribution in [0.25, 0.3) is 11.0 Å². The fourth-order valence-corrected chi connectivity index (χ4v) is 2.95. The van der Waals surface area contributed by atoms with Crippen molar-refractivity contribution in [2.75, 3.05) is 25.1 Å². The first-order chi connectivity index (χ1) is 9.59. The zero-order valence-electron chi connectivity index (χ0n) is 11.1. The van der Waals surface area contributed by atoms with E-state index in [9.17, 15) is 5.11 Å². The number of nitrogens with zero attached hydrogens (tertiary/aromatic N) is 4. The number of fused-ring (bicyclic) bond motifs is 1. The van der Waals surface area contributed by atoms with Crippen molar-refractivity contribution >= 4 is 32.8 Å². The number of aryl methyl sites for hydroxylation is 1. The SMILES string of the molecule is Cn1nc(Br)c2c(NCC3(O)CCOCC3)ncnc21. The summed E-state index contributed by atoms with van der Waals surface area (Å²) in [4.78, 5) is 8.46. The molecule has 0 bridgehead atoms. The van der Waals surface area contributed by atoms with E-state index in [4.69, 9.17) is 4.74 Å². The van der Waals surface area contributed by atoms with Gasteiger partial charge in [-0.15, -0.1) is 0 Å². The topological polar surface area (TPSA) is 85.1 Å². The summed E-state index contributed by atoms with van der Waals surface area (Å²) in [6.07, 6.45) is 2.75. The molecular weight excluding hydrogens is 326 g/mol. The van der Waals surface area contributed by atoms with Crippen LogP contribution in [0.4, 0.5) is 5.82 Å². The molecule has 0 saturated carbocycles. The molecule has 2 aromatic rings. The number of rotatable bonds is 3. The minimum absolute atomic E-state index is 0.434. The van der Waals surface area contributed by atoms with Gasteiger partial charge in [-0.25, -0.2) is 14.6 Å². The predicted molar refractivity (Wildman–Crippen MR) is 77.5 cm³/mol. The molecule has 0 spiro atoms. The summed E-state index contributed by atoms with van der Waals surface area (Å²) in [5.41, 5.74) is -0.00199. The number of nitrogens with one attached hydrogen (secondary N) is 1. The monoisotopic (exact) mass is 341 g/mol. The first-order valence-electron chi connectivity index (χ1n) is 6.46. The second-order valence-corrected chi connectivity index (χ2v) is 5.78. The van der Waals surface area contributed by atoms with Crippen molar-refractivity contribution in [3.05, 3.63) is 10.9 Å². The number of hydrogen-bond acceptors (Lipinski definition) is 6. The molecule has 2 aromatic heterocycles. The third-order valence-electron chi connectivity index (χ3n) is 3.59. The maximum Gasteiger partial charge on any atom is 0.164 e. The maximum absolute atomic E-state index is 10.5. The van der Waals surface area contributed by atoms with Crippen molar-refractivity contribution in [2.24, 2.45) is 7.05 Å². The van der Waals surface area contributed by atoms with Crippen LogP contribution in [-0.4, -0.2) is 50.2 Å². The van der Waals surface area contributed by atoms with Crippen LogP contribution in [0.3, 0.4) is 0 Å². The largest absolute Gasteiger partial charge is 0.388 e. The van der Waals surface area contributed by atoms with Gasteiger partial charge in [-0.3, -0.25) is 0 Å². The lowest BCUT2D eigenvalue weighted by Gasteiger charge is -2.32. The van der Waals surface area contributed by atoms with Crippen LogP contribution in [0, 0.1) is 0 Å². The quantitative estimate of drug-likeness (QED) is 0.868. The molecule has 0 radical (unpaired) electrons. The summed E-state index contributed by atoms with van der Waals surface area (Å²) < 4.78 is 7.66. The van der Waals surface area contributed by atoms with Gasteiger partial charge in [-0.05, 0) is 15.9 Å². The first kappa shape index (κ1) is 13.7. The summed E-state index contributed by atoms with van der Waals surface area (Å²) >= 11 is 3.41. The van der Waals surface area contributed by atoms with Gasteiger partial charge in [0.05, 0.1) is 11.0 Å². The van der Waals surface area contributed by atoms with E-state index < -0.39 is 5.60 Å². The lowest BCUT2D eigenvalue weighted by molar-refractivity contribution is -0.0543. The molecule has 8 heteroatoms. The zero-order chi connectivity index (χ0) is 14.2. The Bertz CT molecular complexity index is 624. The van der Waals surface area contributed by atoms with Crippen LogP contribution in [0.15, 0.2) is 10.9 Å². The van der Waals surface area contributed by atoms with Crippen LogP contribution in [0.1, 0.15) is 12.8 Å². The third-order valence-corrected chi connectivity index (χ3v) is 4.14. The molecule has 20 heavy (non-hydrogen) atoms. The minimum atomic E-state index is -0.746. The molecule has 0 atom stereocenters. The van der Waals surface area contributed by atoms with Crippen molar-refractivity contribution in [2.45, 2.75) is 18.4 Å². The van der Waals surface area contributed by atoms with Gasteiger partial charge in [-0.1, -0.05) is 0 Å². The van der Waals surface area contributed by atoms with E-state index in [0.29, 0.717) is 43.0 Å². The van der Waals surface area contributed by atoms with Crippen LogP contribution in [0.2, 0.25) is 0 Å². The van der Waals surface area contributed by atoms with Crippen molar-refractivity contribution in [3.63, 3.8) is 0 Å². The molecule has 1 aliphatic heterocycles. The standard InChI is InChI=1S/C12H16BrN5O2/c1-18-11-8(9(13)17-18)10(15-7-16-11)14-6-12(19)2-4-20-5-3-12/h7,19H,2-6H2,1H3,(H,14,15,16). The summed E-state index contributed by atoms with van der Waals surface area (Å²) in [7, 11) is 1.83. The van der Waals surface area contributed by atoms with Crippen molar-refractivity contribution in [3.8, 4) is 0 Å². The highest BCUT2D eigenvalue weighted by molar-refractivity contribution is 9.10. The Balaban J connectivity index is 1.84. The van der Waals surface area contributed by atoms with Gasteiger partial charge in [0, 0.05) is 39.6 Å². The molecule has 1 saturated heterocycles. The molecule has 1 fully saturated rings. The first-order valence-corrected chi connectivity index (χ1v) is 7.26. The average molecular weight is 342 g/mol. The van der Waals surface area contributed by atoms with E-state index in [1.54, 1.807) is 4.68 Å². The smallest absolute Gasteiger partial charge is 0.164 e. The van der Waals surface area contributed by atoms with Gasteiger partial charge in [0.1, 0.15) is 16.7 Å². The lowest BCUT2D eigenvalue weighted by atomic mass is 9.94. The number of halogens is 1. The second kappa shape index (κ2) is 5.27. The molecule has 108 valence electrons. The Labute approximate surface area is 124 Å². The molecular formula is C12H16BrN5O2. The van der Waals surface area contributed by atoms with E-state index >= 15 is 0 Å². The average Bonchev–Trinajstić information content (AvgIpc) is 2.74. The number of anilines is 1. The van der Waals surface area contributed by atoms with Gasteiger partial charge >= 0.3 is 0 Å². The van der Waals surface area contributed by atoms with Crippen molar-refractivity contribution < 1.29 is 9.84 Å². The Morgan fingerprint density at radius 3 is 2.95 bits per heavy atom. The highest BCUT2D eigenvalue weighted by Crippen LogP contribution is 2.28. The zero-order valence-corrected chi connectivity index (χ0v) is 12.7. The molecule has 2 N–H and O–H groups in total. The van der Waals surface area contributed by atoms with E-state index in [0.717, 1.165) is 11.0 Å². The Morgan fingerprint density at radius 1 is 1.45 bits per heavy atom. The third kappa shape index (κ3) is 2.50. The molecule has 7 nitrogen and oxygen atoms in total. The van der Waals surface area contributed by atoms with Crippen LogP contribution < -0.4 is 5.32 Å². The lowest BCUT2D eigenvalue weighted by Crippen LogP contribution is -2.42. The van der Waals surface area contributed by atoms with Gasteiger partial charge in [0.2, 0.25) is 0 Å². The molecule has 3 heterocycles. The van der Waals surface area contributed by atoms with E-state index in [-0.39, 0.29) is 0 Å². The van der Waals surface area contributed by atoms with Crippen LogP contribution in [-0.2, 0) is 11.8 Å². The Kier molecular flexibility index (Phi) is 3.61. The fourth-order valence-electron chi connectivity index (χ4n) is 2.35. The van der Waals surface area contributed by atoms with Crippen LogP contribution >= 0.6 is 15.9 Å². The molecule has 0 aromatic carbocycles. The Morgan fingerprint density at radius 2 is 2.20 bits per heavy atom. The maximum atomic E-state index is 10.5. The molecule has 0 unspecified atom stereocenters. The Hall–Kier alpha value is -1.25. The van der Waals surface area contributed by atoms with Gasteiger partial charge < -0.3 is 15.2 Å². The summed E-state index contributed by atoms with van der Waals surface area (Å²) in [6, 6.07) is 0. The number of ether oxygens (including phenoxy) is 1. The fraction of sp³-hybridized carbons (Fsp3) is 0.583. The van der Waals surface area contributed by atoms with Crippen molar-refractivity contribution in [1.82, 2.24) is 19.7 Å². The highest BCUT2D eigenvalue weighted by atomic mass is 79.9. The number of hydrogen-bond donors (Lipinski definition) is 2. The van der Waals surface area contributed by atoms with Gasteiger partial charge in [-0.2, -0.15) is 5.10 Å². The van der Waals surface area contributed by atoms with Crippen molar-refractivity contribution in [1.29, 1.82) is 0 Å². The summed E-state index contributed by atoms with van der Waals surface area (Å²) in [5.74, 6) is 0.676. The van der Waals surface area contributed by atoms with E-state index in [1.807, 2.05) is 7.05 Å². The number of aromatic nitrogens is 4. The predicted octanol–water partition coefficient (Wildman–Crippen LogP) is 1.08. The summed E-state index contributed by atoms with van der Waals surface area (Å²) in [5, 5.41) is 18.8. The highest BCUT2D eigenvalue weighted by Gasteiger charge is 2.30. The van der Waals surface area contributed by atoms with Crippen LogP contribution in [0.5, 0.6) is 0 Å². The molecule has 0 amide bonds. The molecule has 3 rings (SSSR count). The molecule has 1 aliphatic rings. The summed E-state index contributed by atoms with van der Waals surface area (Å²) in [6.45, 7) is 1.62. The number of aliphatic hydroxyl groups is 1.